The highest BCUT2D eigenvalue weighted by Crippen LogP contribution is 2.28. The Morgan fingerprint density at radius 1 is 0.650 bits per heavy atom. The average Bonchev–Trinajstić information content (AvgIpc) is 3.47. The van der Waals surface area contributed by atoms with Crippen molar-refractivity contribution in [1.29, 1.82) is 10.5 Å². The smallest absolute Gasteiger partial charge is 0.306 e. The van der Waals surface area contributed by atoms with E-state index in [4.69, 9.17) is 44.2 Å². The van der Waals surface area contributed by atoms with E-state index in [1.54, 1.807) is 28.4 Å². The number of piperidine rings is 3. The zero-order chi connectivity index (χ0) is 57.3. The lowest BCUT2D eigenvalue weighted by Crippen LogP contribution is -2.49. The van der Waals surface area contributed by atoms with Gasteiger partial charge in [0.05, 0.1) is 25.0 Å². The molecule has 3 N–H and O–H groups in total. The molecule has 3 aromatic heterocycles. The number of carbonyl (C=O) groups is 4. The van der Waals surface area contributed by atoms with E-state index < -0.39 is 11.5 Å². The van der Waals surface area contributed by atoms with Crippen molar-refractivity contribution < 1.29 is 23.9 Å². The van der Waals surface area contributed by atoms with Gasteiger partial charge in [-0.25, -0.2) is 29.9 Å². The number of benzene rings is 3. The molecule has 80 heavy (non-hydrogen) atoms. The Balaban J connectivity index is 0.000000176. The van der Waals surface area contributed by atoms with Crippen molar-refractivity contribution >= 4 is 75.9 Å². The van der Waals surface area contributed by atoms with Crippen molar-refractivity contribution in [3.63, 3.8) is 0 Å². The van der Waals surface area contributed by atoms with E-state index in [9.17, 15) is 19.2 Å². The molecule has 3 saturated heterocycles. The summed E-state index contributed by atoms with van der Waals surface area (Å²) >= 11 is 11.9. The number of primary amides is 1. The summed E-state index contributed by atoms with van der Waals surface area (Å²) in [6.45, 7) is 10.0. The maximum absolute atomic E-state index is 12.9. The number of hydrogen-bond acceptors (Lipinski definition) is 17. The molecule has 0 saturated carbocycles. The third kappa shape index (κ3) is 16.3. The number of nitriles is 2. The molecule has 3 amide bonds. The number of aromatic nitrogens is 6. The van der Waals surface area contributed by atoms with E-state index in [1.165, 1.54) is 0 Å². The highest BCUT2D eigenvalue weighted by Gasteiger charge is 2.31. The van der Waals surface area contributed by atoms with Crippen LogP contribution in [0, 0.1) is 28.6 Å². The molecule has 20 nitrogen and oxygen atoms in total. The SMILES string of the molecule is CC(C)(C)OC(=O)C[C@@H]1CCCN(c2cnc(C#N)c(Cl)n2)C1.CN(C(=O)c1ccccc1)[C@@H]1CCCN(c2cnc(C#N)c(Cl)n2)C1.CN(C(=O)c1ccccc1)[C@@H]1CCCN(c2cnc(C(N)=O)c(Nc3ccccc3)n2)C1. The van der Waals surface area contributed by atoms with Crippen molar-refractivity contribution in [2.75, 3.05) is 73.4 Å². The number of esters is 1. The van der Waals surface area contributed by atoms with Gasteiger partial charge in [-0.05, 0) is 102 Å². The third-order valence-electron chi connectivity index (χ3n) is 13.6. The normalized spacial score (nSPS) is 16.9. The molecule has 3 fully saturated rings. The Labute approximate surface area is 476 Å². The number of rotatable bonds is 12. The minimum atomic E-state index is -0.646. The molecule has 0 spiro atoms. The van der Waals surface area contributed by atoms with Crippen LogP contribution in [-0.2, 0) is 9.53 Å². The Hall–Kier alpha value is -8.46. The van der Waals surface area contributed by atoms with E-state index in [1.807, 2.05) is 138 Å². The number of ether oxygens (including phenoxy) is 1. The summed E-state index contributed by atoms with van der Waals surface area (Å²) in [5.74, 6) is 1.64. The minimum absolute atomic E-state index is 0.000885. The van der Waals surface area contributed by atoms with Crippen LogP contribution >= 0.6 is 23.2 Å². The van der Waals surface area contributed by atoms with Crippen LogP contribution in [0.15, 0.2) is 110 Å². The number of carbonyl (C=O) groups excluding carboxylic acids is 4. The number of nitrogens with zero attached hydrogens (tertiary/aromatic N) is 13. The molecule has 0 radical (unpaired) electrons. The maximum atomic E-state index is 12.9. The van der Waals surface area contributed by atoms with Gasteiger partial charge in [-0.3, -0.25) is 19.2 Å². The van der Waals surface area contributed by atoms with Gasteiger partial charge in [-0.1, -0.05) is 77.8 Å². The molecule has 22 heteroatoms. The van der Waals surface area contributed by atoms with Gasteiger partial charge in [-0.15, -0.1) is 0 Å². The summed E-state index contributed by atoms with van der Waals surface area (Å²) in [5.41, 5.74) is 7.52. The fourth-order valence-electron chi connectivity index (χ4n) is 9.55. The fraction of sp³-hybridized carbons (Fsp3) is 0.379. The largest absolute Gasteiger partial charge is 0.460 e. The van der Waals surface area contributed by atoms with Crippen LogP contribution in [0.2, 0.25) is 10.3 Å². The predicted octanol–water partition coefficient (Wildman–Crippen LogP) is 8.75. The topological polar surface area (TPSA) is 257 Å². The number of nitrogens with two attached hydrogens (primary N) is 1. The number of halogens is 2. The van der Waals surface area contributed by atoms with Gasteiger partial charge in [0.25, 0.3) is 17.7 Å². The predicted molar refractivity (Wildman–Crippen MR) is 307 cm³/mol. The van der Waals surface area contributed by atoms with Crippen molar-refractivity contribution in [1.82, 2.24) is 39.7 Å². The van der Waals surface area contributed by atoms with Gasteiger partial charge in [0.15, 0.2) is 33.2 Å². The number of nitrogens with one attached hydrogen (secondary N) is 1. The first kappa shape index (κ1) is 59.2. The first-order chi connectivity index (χ1) is 38.4. The van der Waals surface area contributed by atoms with Crippen LogP contribution in [-0.4, -0.2) is 134 Å². The van der Waals surface area contributed by atoms with Crippen molar-refractivity contribution in [2.24, 2.45) is 11.7 Å². The molecule has 6 heterocycles. The Morgan fingerprint density at radius 3 is 1.51 bits per heavy atom. The van der Waals surface area contributed by atoms with E-state index in [0.29, 0.717) is 60.5 Å². The van der Waals surface area contributed by atoms with Gasteiger partial charge in [0.2, 0.25) is 0 Å². The Bertz CT molecular complexity index is 3180. The van der Waals surface area contributed by atoms with Gasteiger partial charge in [0.1, 0.15) is 35.2 Å². The summed E-state index contributed by atoms with van der Waals surface area (Å²) in [4.78, 5) is 84.7. The zero-order valence-electron chi connectivity index (χ0n) is 45.5. The van der Waals surface area contributed by atoms with Crippen LogP contribution < -0.4 is 25.8 Å². The highest BCUT2D eigenvalue weighted by atomic mass is 35.5. The van der Waals surface area contributed by atoms with Crippen LogP contribution in [0.1, 0.15) is 108 Å². The quantitative estimate of drug-likeness (QED) is 0.109. The van der Waals surface area contributed by atoms with Crippen molar-refractivity contribution in [3.8, 4) is 12.1 Å². The molecule has 3 aliphatic heterocycles. The van der Waals surface area contributed by atoms with Gasteiger partial charge >= 0.3 is 5.97 Å². The third-order valence-corrected chi connectivity index (χ3v) is 14.1. The molecule has 0 bridgehead atoms. The molecule has 0 aliphatic carbocycles. The molecule has 0 unspecified atom stereocenters. The van der Waals surface area contributed by atoms with E-state index in [0.717, 1.165) is 63.8 Å². The summed E-state index contributed by atoms with van der Waals surface area (Å²) in [6, 6.07) is 31.9. The molecular weight excluding hydrogens is 1060 g/mol. The Kier molecular flexibility index (Phi) is 20.7. The number of anilines is 5. The number of amides is 3. The van der Waals surface area contributed by atoms with E-state index in [2.05, 4.69) is 49.9 Å². The lowest BCUT2D eigenvalue weighted by Gasteiger charge is -2.38. The summed E-state index contributed by atoms with van der Waals surface area (Å²) in [6.07, 6.45) is 10.7. The van der Waals surface area contributed by atoms with Crippen molar-refractivity contribution in [3.05, 3.63) is 148 Å². The van der Waals surface area contributed by atoms with Gasteiger partial charge in [0, 0.05) is 82.3 Å². The van der Waals surface area contributed by atoms with E-state index in [-0.39, 0.29) is 63.2 Å². The van der Waals surface area contributed by atoms with Crippen LogP contribution in [0.4, 0.5) is 29.0 Å². The van der Waals surface area contributed by atoms with Crippen LogP contribution in [0.5, 0.6) is 0 Å². The zero-order valence-corrected chi connectivity index (χ0v) is 47.0. The second-order valence-electron chi connectivity index (χ2n) is 20.5. The molecular formula is C58H65Cl2N15O5. The summed E-state index contributed by atoms with van der Waals surface area (Å²) in [5, 5.41) is 21.1. The molecule has 3 atom stereocenters. The van der Waals surface area contributed by atoms with Gasteiger partial charge in [-0.2, -0.15) is 10.5 Å². The van der Waals surface area contributed by atoms with Crippen LogP contribution in [0.3, 0.4) is 0 Å². The molecule has 9 rings (SSSR count). The van der Waals surface area contributed by atoms with E-state index >= 15 is 0 Å². The van der Waals surface area contributed by atoms with Crippen LogP contribution in [0.25, 0.3) is 0 Å². The average molecular weight is 1120 g/mol. The second kappa shape index (κ2) is 27.9. The monoisotopic (exact) mass is 1120 g/mol. The lowest BCUT2D eigenvalue weighted by molar-refractivity contribution is -0.156. The van der Waals surface area contributed by atoms with Gasteiger partial charge < -0.3 is 40.3 Å². The first-order valence-electron chi connectivity index (χ1n) is 26.4. The molecule has 3 aliphatic rings. The number of likely N-dealkylation sites (N-methyl/N-ethyl adjacent to an activating group) is 2. The number of para-hydroxylation sites is 1. The maximum Gasteiger partial charge on any atom is 0.306 e. The minimum Gasteiger partial charge on any atom is -0.460 e. The lowest BCUT2D eigenvalue weighted by atomic mass is 9.95. The second-order valence-corrected chi connectivity index (χ2v) is 21.2. The molecule has 416 valence electrons. The molecule has 3 aromatic carbocycles. The number of hydrogen-bond donors (Lipinski definition) is 2. The fourth-order valence-corrected chi connectivity index (χ4v) is 9.90. The summed E-state index contributed by atoms with van der Waals surface area (Å²) in [7, 11) is 3.68. The highest BCUT2D eigenvalue weighted by molar-refractivity contribution is 6.30. The summed E-state index contributed by atoms with van der Waals surface area (Å²) < 4.78 is 5.39. The van der Waals surface area contributed by atoms with Crippen molar-refractivity contribution in [2.45, 2.75) is 83.4 Å². The molecule has 6 aromatic rings. The first-order valence-corrected chi connectivity index (χ1v) is 27.1. The Morgan fingerprint density at radius 2 is 1.07 bits per heavy atom. The standard InChI is InChI=1S/C24H26N6O2.C18H18ClN5O.C16H21ClN4O2/c1-29(24(32)17-9-4-2-5-10-17)19-13-8-14-30(16-19)20-15-26-21(22(25)31)23(28-20)27-18-11-6-3-7-12-18;1-23(18(25)13-6-3-2-4-7-13)14-8-5-9-24(12-14)16-11-21-15(10-20)17(19)22-16;1-16(2,3)23-14(22)7-11-5-4-6-21(10-11)13-9-19-12(8-18)15(17)20-13/h2-7,9-12,15,19H,8,13-14,16H2,1H3,(H2,25,31)(H,27,28);2-4,6-7,11,14H,5,8-9,12H2,1H3;9,11H,4-7,10H2,1-3H3/t19-;14-;11-/m110/s1.